The summed E-state index contributed by atoms with van der Waals surface area (Å²) in [7, 11) is 0. The van der Waals surface area contributed by atoms with E-state index < -0.39 is 6.04 Å². The van der Waals surface area contributed by atoms with Crippen molar-refractivity contribution in [2.75, 3.05) is 39.3 Å². The number of ketones is 1. The lowest BCUT2D eigenvalue weighted by Gasteiger charge is -2.39. The second kappa shape index (κ2) is 13.2. The number of piperidine rings is 2. The Hall–Kier alpha value is -2.03. The number of Topliss-reactive ketones (excluding diaryl/α,β-unsaturated/α-hetero) is 1. The van der Waals surface area contributed by atoms with Gasteiger partial charge in [-0.1, -0.05) is 36.0 Å². The van der Waals surface area contributed by atoms with Crippen molar-refractivity contribution in [3.05, 3.63) is 47.3 Å². The second-order valence-electron chi connectivity index (χ2n) is 10.5. The van der Waals surface area contributed by atoms with E-state index in [9.17, 15) is 18.8 Å². The van der Waals surface area contributed by atoms with Crippen LogP contribution in [0, 0.1) is 17.7 Å². The molecule has 4 rings (SSSR count). The zero-order valence-corrected chi connectivity index (χ0v) is 22.8. The summed E-state index contributed by atoms with van der Waals surface area (Å²) in [6.45, 7) is 7.66. The zero-order valence-electron chi connectivity index (χ0n) is 22.0. The highest BCUT2D eigenvalue weighted by Crippen LogP contribution is 2.40. The number of carbonyl (C=O) groups excluding carboxylic acids is 3. The van der Waals surface area contributed by atoms with Crippen LogP contribution in [-0.2, 0) is 19.1 Å². The van der Waals surface area contributed by atoms with Crippen LogP contribution < -0.4 is 0 Å². The summed E-state index contributed by atoms with van der Waals surface area (Å²) < 4.78 is 20.0. The minimum Gasteiger partial charge on any atom is -0.466 e. The number of thioether (sulfide) groups is 1. The Morgan fingerprint density at radius 2 is 1.84 bits per heavy atom. The Morgan fingerprint density at radius 3 is 2.49 bits per heavy atom. The lowest BCUT2D eigenvalue weighted by atomic mass is 9.92. The molecular formula is C29H39FN2O4S. The molecular weight excluding hydrogens is 491 g/mol. The molecule has 1 aliphatic carbocycles. The van der Waals surface area contributed by atoms with Crippen LogP contribution in [0.3, 0.4) is 0 Å². The number of benzene rings is 1. The highest BCUT2D eigenvalue weighted by atomic mass is 32.2. The third kappa shape index (κ3) is 7.74. The lowest BCUT2D eigenvalue weighted by molar-refractivity contribution is -0.144. The first-order valence-corrected chi connectivity index (χ1v) is 14.5. The van der Waals surface area contributed by atoms with Crippen LogP contribution in [0.15, 0.2) is 35.9 Å². The van der Waals surface area contributed by atoms with Gasteiger partial charge in [0.1, 0.15) is 5.82 Å². The standard InChI is InChI=1S/C29H39FN2O4S/c1-3-36-27(34)18-21-10-14-31(15-11-21)16-12-23-19-32(17-13-26(23)37-20(2)33)28(29(35)22-8-9-22)24-6-4-5-7-25(24)30/h4-7,12,21-22,26,28H,3,8-11,13-19H2,1-2H3. The molecule has 2 unspecified atom stereocenters. The predicted octanol–water partition coefficient (Wildman–Crippen LogP) is 4.79. The minimum atomic E-state index is -0.584. The van der Waals surface area contributed by atoms with E-state index in [1.54, 1.807) is 25.1 Å². The molecule has 2 aliphatic heterocycles. The molecule has 1 saturated carbocycles. The van der Waals surface area contributed by atoms with Crippen molar-refractivity contribution < 1.29 is 23.5 Å². The summed E-state index contributed by atoms with van der Waals surface area (Å²) in [5.41, 5.74) is 1.60. The lowest BCUT2D eigenvalue weighted by Crippen LogP contribution is -2.43. The molecule has 0 aromatic heterocycles. The number of carbonyl (C=O) groups is 3. The van der Waals surface area contributed by atoms with Gasteiger partial charge in [-0.15, -0.1) is 0 Å². The molecule has 1 aromatic carbocycles. The zero-order chi connectivity index (χ0) is 26.4. The van der Waals surface area contributed by atoms with Crippen molar-refractivity contribution in [2.45, 2.75) is 63.7 Å². The first kappa shape index (κ1) is 28.0. The van der Waals surface area contributed by atoms with Gasteiger partial charge in [-0.2, -0.15) is 0 Å². The Kier molecular flexibility index (Phi) is 9.96. The fourth-order valence-electron chi connectivity index (χ4n) is 5.53. The van der Waals surface area contributed by atoms with Crippen LogP contribution in [0.2, 0.25) is 0 Å². The molecule has 2 heterocycles. The van der Waals surface area contributed by atoms with E-state index in [1.165, 1.54) is 17.8 Å². The summed E-state index contributed by atoms with van der Waals surface area (Å²) in [5, 5.41) is 0.163. The van der Waals surface area contributed by atoms with E-state index >= 15 is 0 Å². The number of esters is 1. The maximum absolute atomic E-state index is 14.9. The summed E-state index contributed by atoms with van der Waals surface area (Å²) in [4.78, 5) is 41.7. The van der Waals surface area contributed by atoms with E-state index in [0.29, 0.717) is 37.6 Å². The van der Waals surface area contributed by atoms with Gasteiger partial charge in [0, 0.05) is 49.7 Å². The highest BCUT2D eigenvalue weighted by molar-refractivity contribution is 8.14. The van der Waals surface area contributed by atoms with E-state index in [0.717, 1.165) is 57.3 Å². The largest absolute Gasteiger partial charge is 0.466 e. The average molecular weight is 531 g/mol. The van der Waals surface area contributed by atoms with Gasteiger partial charge in [0.05, 0.1) is 12.6 Å². The van der Waals surface area contributed by atoms with Gasteiger partial charge in [0.2, 0.25) is 0 Å². The normalized spacial score (nSPS) is 23.6. The van der Waals surface area contributed by atoms with Gasteiger partial charge in [-0.25, -0.2) is 4.39 Å². The van der Waals surface area contributed by atoms with E-state index in [-0.39, 0.29) is 33.9 Å². The SMILES string of the molecule is CCOC(=O)CC1CCN(CC=C2CN(C(C(=O)C3CC3)c3ccccc3F)CCC2SC(C)=O)CC1. The van der Waals surface area contributed by atoms with Crippen molar-refractivity contribution in [3.63, 3.8) is 0 Å². The number of hydrogen-bond acceptors (Lipinski definition) is 7. The van der Waals surface area contributed by atoms with Crippen molar-refractivity contribution in [2.24, 2.45) is 11.8 Å². The third-order valence-corrected chi connectivity index (χ3v) is 8.83. The van der Waals surface area contributed by atoms with E-state index in [4.69, 9.17) is 4.74 Å². The molecule has 0 spiro atoms. The summed E-state index contributed by atoms with van der Waals surface area (Å²) in [6.07, 6.45) is 7.15. The summed E-state index contributed by atoms with van der Waals surface area (Å²) >= 11 is 1.36. The second-order valence-corrected chi connectivity index (χ2v) is 11.9. The van der Waals surface area contributed by atoms with Crippen LogP contribution in [0.1, 0.15) is 64.0 Å². The van der Waals surface area contributed by atoms with Gasteiger partial charge in [0.25, 0.3) is 0 Å². The monoisotopic (exact) mass is 530 g/mol. The molecule has 3 aliphatic rings. The van der Waals surface area contributed by atoms with Crippen LogP contribution in [0.4, 0.5) is 4.39 Å². The number of ether oxygens (including phenoxy) is 1. The molecule has 0 amide bonds. The number of likely N-dealkylation sites (tertiary alicyclic amines) is 2. The predicted molar refractivity (Wildman–Crippen MR) is 144 cm³/mol. The van der Waals surface area contributed by atoms with Gasteiger partial charge in [-0.3, -0.25) is 24.2 Å². The third-order valence-electron chi connectivity index (χ3n) is 7.68. The molecule has 6 nitrogen and oxygen atoms in total. The molecule has 3 fully saturated rings. The summed E-state index contributed by atoms with van der Waals surface area (Å²) in [5.74, 6) is 0.0599. The first-order valence-electron chi connectivity index (χ1n) is 13.6. The topological polar surface area (TPSA) is 66.9 Å². The maximum atomic E-state index is 14.9. The maximum Gasteiger partial charge on any atom is 0.306 e. The molecule has 2 atom stereocenters. The molecule has 0 N–H and O–H groups in total. The van der Waals surface area contributed by atoms with Gasteiger partial charge >= 0.3 is 5.97 Å². The Labute approximate surface area is 224 Å². The van der Waals surface area contributed by atoms with E-state index in [1.807, 2.05) is 6.92 Å². The van der Waals surface area contributed by atoms with Gasteiger partial charge in [-0.05, 0) is 69.7 Å². The Morgan fingerprint density at radius 1 is 1.11 bits per heavy atom. The van der Waals surface area contributed by atoms with Crippen LogP contribution >= 0.6 is 11.8 Å². The molecule has 202 valence electrons. The Balaban J connectivity index is 1.45. The first-order chi connectivity index (χ1) is 17.9. The number of halogens is 1. The number of nitrogens with zero attached hydrogens (tertiary/aromatic N) is 2. The van der Waals surface area contributed by atoms with Gasteiger partial charge < -0.3 is 4.74 Å². The highest BCUT2D eigenvalue weighted by Gasteiger charge is 2.41. The fraction of sp³-hybridized carbons (Fsp3) is 0.621. The molecule has 8 heteroatoms. The van der Waals surface area contributed by atoms with Crippen molar-refractivity contribution in [1.29, 1.82) is 0 Å². The van der Waals surface area contributed by atoms with Crippen molar-refractivity contribution >= 4 is 28.6 Å². The number of rotatable bonds is 10. The van der Waals surface area contributed by atoms with Gasteiger partial charge in [0.15, 0.2) is 10.9 Å². The minimum absolute atomic E-state index is 0.0252. The molecule has 0 bridgehead atoms. The molecule has 0 radical (unpaired) electrons. The van der Waals surface area contributed by atoms with Crippen LogP contribution in [0.5, 0.6) is 0 Å². The molecule has 37 heavy (non-hydrogen) atoms. The summed E-state index contributed by atoms with van der Waals surface area (Å²) in [6, 6.07) is 6.05. The Bertz CT molecular complexity index is 1000. The fourth-order valence-corrected chi connectivity index (χ4v) is 6.47. The van der Waals surface area contributed by atoms with Crippen molar-refractivity contribution in [3.8, 4) is 0 Å². The smallest absolute Gasteiger partial charge is 0.306 e. The van der Waals surface area contributed by atoms with Crippen LogP contribution in [0.25, 0.3) is 0 Å². The number of hydrogen-bond donors (Lipinski definition) is 0. The molecule has 1 aromatic rings. The van der Waals surface area contributed by atoms with Crippen molar-refractivity contribution in [1.82, 2.24) is 9.80 Å². The van der Waals surface area contributed by atoms with E-state index in [2.05, 4.69) is 15.9 Å². The van der Waals surface area contributed by atoms with Crippen LogP contribution in [-0.4, -0.2) is 71.2 Å². The average Bonchev–Trinajstić information content (AvgIpc) is 3.71. The quantitative estimate of drug-likeness (QED) is 0.318. The molecule has 2 saturated heterocycles.